The highest BCUT2D eigenvalue weighted by molar-refractivity contribution is 9.10. The molecule has 0 radical (unpaired) electrons. The molecule has 1 fully saturated rings. The molecule has 6 aromatic rings. The van der Waals surface area contributed by atoms with Gasteiger partial charge in [-0.3, -0.25) is 0 Å². The van der Waals surface area contributed by atoms with E-state index in [-0.39, 0.29) is 18.3 Å². The summed E-state index contributed by atoms with van der Waals surface area (Å²) in [4.78, 5) is 7.02. The highest BCUT2D eigenvalue weighted by atomic mass is 79.9. The second kappa shape index (κ2) is 19.1. The van der Waals surface area contributed by atoms with Gasteiger partial charge in [-0.05, 0) is 134 Å². The Bertz CT molecular complexity index is 2440. The van der Waals surface area contributed by atoms with E-state index in [2.05, 4.69) is 80.9 Å². The molecule has 0 bridgehead atoms. The van der Waals surface area contributed by atoms with E-state index >= 15 is 0 Å². The molecule has 1 saturated heterocycles. The molecule has 0 spiro atoms. The molecule has 0 atom stereocenters. The first-order valence-corrected chi connectivity index (χ1v) is 20.2. The number of fused-ring (bicyclic) bond motifs is 2. The van der Waals surface area contributed by atoms with Crippen LogP contribution in [-0.4, -0.2) is 54.9 Å². The van der Waals surface area contributed by atoms with Gasteiger partial charge in [-0.1, -0.05) is 36.4 Å². The zero-order valence-electron chi connectivity index (χ0n) is 34.9. The van der Waals surface area contributed by atoms with E-state index in [1.165, 1.54) is 0 Å². The van der Waals surface area contributed by atoms with Crippen LogP contribution in [0, 0.1) is 27.0 Å². The van der Waals surface area contributed by atoms with Gasteiger partial charge in [0.15, 0.2) is 11.4 Å². The van der Waals surface area contributed by atoms with E-state index in [4.69, 9.17) is 43.4 Å². The van der Waals surface area contributed by atoms with Crippen molar-refractivity contribution in [2.45, 2.75) is 78.7 Å². The minimum absolute atomic E-state index is 0.311. The average molecular weight is 846 g/mol. The van der Waals surface area contributed by atoms with Crippen molar-refractivity contribution in [2.24, 2.45) is 0 Å². The summed E-state index contributed by atoms with van der Waals surface area (Å²) in [6, 6.07) is 23.5. The first-order chi connectivity index (χ1) is 27.7. The first kappa shape index (κ1) is 44.0. The maximum absolute atomic E-state index is 7.29. The van der Waals surface area contributed by atoms with Crippen LogP contribution in [0.5, 0.6) is 0 Å². The molecule has 0 aliphatic carbocycles. The summed E-state index contributed by atoms with van der Waals surface area (Å²) < 4.78 is 27.7. The lowest BCUT2D eigenvalue weighted by molar-refractivity contribution is 0.00578. The molecule has 12 heteroatoms. The number of anilines is 2. The van der Waals surface area contributed by atoms with Crippen LogP contribution in [0.2, 0.25) is 0 Å². The summed E-state index contributed by atoms with van der Waals surface area (Å²) in [5.41, 5.74) is 21.9. The molecular weight excluding hydrogens is 791 g/mol. The molecule has 4 aromatic carbocycles. The summed E-state index contributed by atoms with van der Waals surface area (Å²) in [5, 5.41) is 2.19. The van der Waals surface area contributed by atoms with Gasteiger partial charge in [0.05, 0.1) is 24.3 Å². The van der Waals surface area contributed by atoms with E-state index in [0.29, 0.717) is 11.4 Å². The number of benzene rings is 4. The molecule has 10 nitrogen and oxygen atoms in total. The van der Waals surface area contributed by atoms with Crippen LogP contribution in [0.3, 0.4) is 0 Å². The highest BCUT2D eigenvalue weighted by Crippen LogP contribution is 2.38. The third kappa shape index (κ3) is 9.78. The number of hydrogen-bond donors (Lipinski definition) is 2. The fourth-order valence-corrected chi connectivity index (χ4v) is 7.42. The van der Waals surface area contributed by atoms with Crippen molar-refractivity contribution in [3.8, 4) is 11.1 Å². The Hall–Kier alpha value is -5.08. The van der Waals surface area contributed by atoms with Crippen molar-refractivity contribution in [3.05, 3.63) is 124 Å². The van der Waals surface area contributed by atoms with Crippen LogP contribution in [-0.2, 0) is 31.9 Å². The van der Waals surface area contributed by atoms with Crippen LogP contribution in [0.25, 0.3) is 42.6 Å². The van der Waals surface area contributed by atoms with Crippen molar-refractivity contribution < 1.29 is 18.8 Å². The largest absolute Gasteiger partial charge is 0.495 e. The Labute approximate surface area is 351 Å². The van der Waals surface area contributed by atoms with Crippen LogP contribution in [0.4, 0.5) is 22.7 Å². The Balaban J connectivity index is 0.000000170. The van der Waals surface area contributed by atoms with E-state index in [9.17, 15) is 0 Å². The monoisotopic (exact) mass is 844 g/mol. The van der Waals surface area contributed by atoms with Gasteiger partial charge < -0.3 is 39.4 Å². The fourth-order valence-electron chi connectivity index (χ4n) is 6.85. The fraction of sp³-hybridized carbons (Fsp3) is 0.348. The van der Waals surface area contributed by atoms with Crippen molar-refractivity contribution in [2.75, 3.05) is 38.9 Å². The first-order valence-electron chi connectivity index (χ1n) is 19.4. The van der Waals surface area contributed by atoms with Crippen molar-refractivity contribution in [3.63, 3.8) is 0 Å². The van der Waals surface area contributed by atoms with E-state index in [0.717, 1.165) is 105 Å². The van der Waals surface area contributed by atoms with Gasteiger partial charge >= 0.3 is 7.12 Å². The maximum atomic E-state index is 7.29. The smallest absolute Gasteiger partial charge is 0.399 e. The normalized spacial score (nSPS) is 14.0. The number of aryl methyl sites for hydroxylation is 2. The van der Waals surface area contributed by atoms with Gasteiger partial charge in [0.25, 0.3) is 0 Å². The number of methoxy groups -OCH3 is 2. The van der Waals surface area contributed by atoms with Crippen LogP contribution in [0.1, 0.15) is 51.7 Å². The number of aromatic nitrogens is 2. The standard InChI is InChI=1S/C20H21N3O.C13H20BNO2.C13H13BrN2O/c1-14-16(6-4-7-19(14)21)18-13-23(10-5-11-24-3)20-9-8-15(22-2)12-17(18)20;1-9-10(7-6-8-11(9)15)14-16-12(2,3)13(4,5)17-14;1-15-10-4-5-13-11(8-10)12(14)9-16(13)6-3-7-17-2/h4,6-9,12-13H,5,10-11,21H2,1,3H3;6-8H,15H2,1-5H3;4-5,8-9H,3,6-7H2,2H3. The molecule has 4 N–H and O–H groups in total. The Morgan fingerprint density at radius 1 is 0.690 bits per heavy atom. The average Bonchev–Trinajstić information content (AvgIpc) is 3.80. The SMILES string of the molecule is Cc1c(N)cccc1B1OC(C)(C)C(C)(C)O1.[C-]#[N+]c1ccc2c(c1)c(-c1cccc(N)c1C)cn2CCCOC.[C-]#[N+]c1ccc2c(c1)c(Br)cn2CCCOC. The molecule has 0 unspecified atom stereocenters. The number of nitrogen functional groups attached to an aromatic ring is 2. The molecule has 58 heavy (non-hydrogen) atoms. The minimum atomic E-state index is -0.330. The molecule has 3 heterocycles. The number of ether oxygens (including phenoxy) is 2. The molecule has 0 saturated carbocycles. The maximum Gasteiger partial charge on any atom is 0.495 e. The summed E-state index contributed by atoms with van der Waals surface area (Å²) >= 11 is 3.54. The van der Waals surface area contributed by atoms with Crippen LogP contribution in [0.15, 0.2) is 89.7 Å². The molecule has 0 amide bonds. The number of hydrogen-bond acceptors (Lipinski definition) is 6. The molecule has 1 aliphatic rings. The Morgan fingerprint density at radius 2 is 1.19 bits per heavy atom. The molecular formula is C46H54BBrN6O4. The minimum Gasteiger partial charge on any atom is -0.399 e. The number of nitrogens with two attached hydrogens (primary N) is 2. The van der Waals surface area contributed by atoms with Crippen LogP contribution >= 0.6 is 15.9 Å². The molecule has 2 aromatic heterocycles. The highest BCUT2D eigenvalue weighted by Gasteiger charge is 2.52. The number of nitrogens with zero attached hydrogens (tertiary/aromatic N) is 4. The summed E-state index contributed by atoms with van der Waals surface area (Å²) in [6.07, 6.45) is 6.15. The topological polar surface area (TPSA) is 108 Å². The van der Waals surface area contributed by atoms with Gasteiger partial charge in [-0.25, -0.2) is 9.69 Å². The molecule has 7 rings (SSSR count). The van der Waals surface area contributed by atoms with Gasteiger partial charge in [0.1, 0.15) is 0 Å². The molecule has 1 aliphatic heterocycles. The van der Waals surface area contributed by atoms with Crippen LogP contribution < -0.4 is 16.9 Å². The zero-order chi connectivity index (χ0) is 42.2. The van der Waals surface area contributed by atoms with Gasteiger partial charge in [-0.15, -0.1) is 0 Å². The van der Waals surface area contributed by atoms with Gasteiger partial charge in [0, 0.05) is 90.7 Å². The number of rotatable bonds is 10. The predicted octanol–water partition coefficient (Wildman–Crippen LogP) is 10.7. The lowest BCUT2D eigenvalue weighted by atomic mass is 9.76. The van der Waals surface area contributed by atoms with Crippen molar-refractivity contribution in [1.82, 2.24) is 9.13 Å². The van der Waals surface area contributed by atoms with Gasteiger partial charge in [0.2, 0.25) is 0 Å². The van der Waals surface area contributed by atoms with E-state index in [1.54, 1.807) is 14.2 Å². The Kier molecular flexibility index (Phi) is 14.5. The van der Waals surface area contributed by atoms with Crippen molar-refractivity contribution >= 4 is 73.1 Å². The number of halogens is 1. The summed E-state index contributed by atoms with van der Waals surface area (Å²) in [7, 11) is 3.10. The lowest BCUT2D eigenvalue weighted by Gasteiger charge is -2.32. The second-order valence-electron chi connectivity index (χ2n) is 15.4. The third-order valence-electron chi connectivity index (χ3n) is 11.0. The van der Waals surface area contributed by atoms with Gasteiger partial charge in [-0.2, -0.15) is 0 Å². The summed E-state index contributed by atoms with van der Waals surface area (Å²) in [5.74, 6) is 0. The lowest BCUT2D eigenvalue weighted by Crippen LogP contribution is -2.41. The predicted molar refractivity (Wildman–Crippen MR) is 243 cm³/mol. The quantitative estimate of drug-likeness (QED) is 0.0615. The molecule has 302 valence electrons. The Morgan fingerprint density at radius 3 is 1.74 bits per heavy atom. The van der Waals surface area contributed by atoms with Crippen molar-refractivity contribution in [1.29, 1.82) is 0 Å². The second-order valence-corrected chi connectivity index (χ2v) is 16.2. The summed E-state index contributed by atoms with van der Waals surface area (Å²) in [6.45, 7) is 29.8. The third-order valence-corrected chi connectivity index (χ3v) is 11.7. The van der Waals surface area contributed by atoms with E-state index in [1.807, 2.05) is 80.6 Å². The van der Waals surface area contributed by atoms with E-state index < -0.39 is 0 Å². The zero-order valence-corrected chi connectivity index (χ0v) is 36.4.